The van der Waals surface area contributed by atoms with E-state index in [-0.39, 0.29) is 5.54 Å². The molecule has 0 saturated carbocycles. The summed E-state index contributed by atoms with van der Waals surface area (Å²) in [6.45, 7) is 16.6. The summed E-state index contributed by atoms with van der Waals surface area (Å²) < 4.78 is 11.1. The van der Waals surface area contributed by atoms with Gasteiger partial charge in [0.2, 0.25) is 0 Å². The van der Waals surface area contributed by atoms with Crippen LogP contribution in [0.4, 0.5) is 0 Å². The zero-order valence-corrected chi connectivity index (χ0v) is 15.0. The van der Waals surface area contributed by atoms with Gasteiger partial charge in [-0.05, 0) is 32.6 Å². The summed E-state index contributed by atoms with van der Waals surface area (Å²) in [6, 6.07) is 0. The molecule has 0 heterocycles. The zero-order chi connectivity index (χ0) is 16.1. The maximum Gasteiger partial charge on any atom is 0.0593 e. The van der Waals surface area contributed by atoms with Gasteiger partial charge in [0.1, 0.15) is 0 Å². The summed E-state index contributed by atoms with van der Waals surface area (Å²) in [5, 5.41) is 0. The first-order valence-electron chi connectivity index (χ1n) is 8.70. The number of ether oxygens (including phenoxy) is 2. The molecule has 0 radical (unpaired) electrons. The molecular formula is C17H38N2O2. The molecule has 0 aliphatic rings. The molecule has 21 heavy (non-hydrogen) atoms. The van der Waals surface area contributed by atoms with Gasteiger partial charge in [0.15, 0.2) is 0 Å². The Balaban J connectivity index is 4.86. The fourth-order valence-electron chi connectivity index (χ4n) is 2.87. The minimum absolute atomic E-state index is 0.0730. The largest absolute Gasteiger partial charge is 0.380 e. The van der Waals surface area contributed by atoms with Gasteiger partial charge in [0.05, 0.1) is 13.2 Å². The van der Waals surface area contributed by atoms with Crippen LogP contribution in [0, 0.1) is 5.92 Å². The van der Waals surface area contributed by atoms with Crippen LogP contribution in [-0.4, -0.2) is 56.5 Å². The molecule has 0 amide bonds. The topological polar surface area (TPSA) is 47.7 Å². The number of hydrogen-bond donors (Lipinski definition) is 1. The lowest BCUT2D eigenvalue weighted by atomic mass is 9.83. The molecule has 2 atom stereocenters. The highest BCUT2D eigenvalue weighted by Crippen LogP contribution is 2.28. The van der Waals surface area contributed by atoms with Crippen molar-refractivity contribution < 1.29 is 9.47 Å². The number of rotatable bonds is 14. The Kier molecular flexibility index (Phi) is 12.3. The van der Waals surface area contributed by atoms with Gasteiger partial charge in [-0.3, -0.25) is 4.90 Å². The Morgan fingerprint density at radius 3 is 1.86 bits per heavy atom. The second kappa shape index (κ2) is 12.4. The molecule has 0 spiro atoms. The van der Waals surface area contributed by atoms with Crippen molar-refractivity contribution in [2.75, 3.05) is 46.1 Å². The summed E-state index contributed by atoms with van der Waals surface area (Å²) in [5.41, 5.74) is 6.28. The minimum atomic E-state index is 0.0730. The third kappa shape index (κ3) is 7.59. The van der Waals surface area contributed by atoms with E-state index in [2.05, 4.69) is 25.7 Å². The quantitative estimate of drug-likeness (QED) is 0.501. The molecule has 2 unspecified atom stereocenters. The molecule has 0 aromatic carbocycles. The Morgan fingerprint density at radius 1 is 1.00 bits per heavy atom. The van der Waals surface area contributed by atoms with Gasteiger partial charge in [0, 0.05) is 38.4 Å². The molecule has 0 bridgehead atoms. The number of nitrogens with two attached hydrogens (primary N) is 1. The molecule has 0 aliphatic carbocycles. The van der Waals surface area contributed by atoms with E-state index in [1.165, 1.54) is 6.42 Å². The van der Waals surface area contributed by atoms with Crippen molar-refractivity contribution in [1.29, 1.82) is 0 Å². The zero-order valence-electron chi connectivity index (χ0n) is 15.0. The van der Waals surface area contributed by atoms with E-state index in [1.54, 1.807) is 0 Å². The fourth-order valence-corrected chi connectivity index (χ4v) is 2.87. The lowest BCUT2D eigenvalue weighted by molar-refractivity contribution is 0.00920. The van der Waals surface area contributed by atoms with Crippen molar-refractivity contribution in [2.45, 2.75) is 59.4 Å². The third-order valence-electron chi connectivity index (χ3n) is 4.55. The fraction of sp³-hybridized carbons (Fsp3) is 1.00. The molecule has 4 heteroatoms. The summed E-state index contributed by atoms with van der Waals surface area (Å²) in [5.74, 6) is 0.690. The van der Waals surface area contributed by atoms with Crippen molar-refractivity contribution in [3.05, 3.63) is 0 Å². The van der Waals surface area contributed by atoms with E-state index < -0.39 is 0 Å². The highest BCUT2D eigenvalue weighted by Gasteiger charge is 2.34. The minimum Gasteiger partial charge on any atom is -0.380 e. The number of hydrogen-bond acceptors (Lipinski definition) is 4. The molecular weight excluding hydrogens is 264 g/mol. The summed E-state index contributed by atoms with van der Waals surface area (Å²) in [6.07, 6.45) is 3.42. The van der Waals surface area contributed by atoms with Gasteiger partial charge in [-0.25, -0.2) is 0 Å². The van der Waals surface area contributed by atoms with E-state index in [0.29, 0.717) is 12.5 Å². The van der Waals surface area contributed by atoms with Crippen LogP contribution in [0.3, 0.4) is 0 Å². The molecule has 0 saturated heterocycles. The first kappa shape index (κ1) is 20.8. The maximum absolute atomic E-state index is 6.21. The predicted molar refractivity (Wildman–Crippen MR) is 90.7 cm³/mol. The molecule has 0 aromatic heterocycles. The normalized spacial score (nSPS) is 16.1. The van der Waals surface area contributed by atoms with E-state index in [9.17, 15) is 0 Å². The number of nitrogens with zero attached hydrogens (tertiary/aromatic N) is 1. The molecule has 4 nitrogen and oxygen atoms in total. The van der Waals surface area contributed by atoms with Crippen LogP contribution in [0.15, 0.2) is 0 Å². The van der Waals surface area contributed by atoms with Crippen molar-refractivity contribution in [3.8, 4) is 0 Å². The van der Waals surface area contributed by atoms with Gasteiger partial charge < -0.3 is 15.2 Å². The first-order chi connectivity index (χ1) is 10.1. The Labute approximate surface area is 132 Å². The Bertz CT molecular complexity index is 223. The third-order valence-corrected chi connectivity index (χ3v) is 4.55. The summed E-state index contributed by atoms with van der Waals surface area (Å²) >= 11 is 0. The van der Waals surface area contributed by atoms with E-state index >= 15 is 0 Å². The van der Waals surface area contributed by atoms with Crippen molar-refractivity contribution >= 4 is 0 Å². The van der Waals surface area contributed by atoms with Crippen LogP contribution < -0.4 is 5.73 Å². The van der Waals surface area contributed by atoms with Gasteiger partial charge in [-0.2, -0.15) is 0 Å². The maximum atomic E-state index is 6.21. The van der Waals surface area contributed by atoms with E-state index in [1.807, 2.05) is 13.8 Å². The average Bonchev–Trinajstić information content (AvgIpc) is 2.51. The molecule has 0 fully saturated rings. The SMILES string of the molecule is CCOCCN(CCOCC)C(CC)(CN)CC(C)CC. The highest BCUT2D eigenvalue weighted by atomic mass is 16.5. The standard InChI is InChI=1S/C17H38N2O2/c1-6-16(5)14-17(7-2,15-18)19(10-12-20-8-3)11-13-21-9-4/h16H,6-15,18H2,1-5H3. The average molecular weight is 303 g/mol. The van der Waals surface area contributed by atoms with E-state index in [4.69, 9.17) is 15.2 Å². The van der Waals surface area contributed by atoms with Crippen LogP contribution in [0.2, 0.25) is 0 Å². The van der Waals surface area contributed by atoms with Crippen LogP contribution >= 0.6 is 0 Å². The van der Waals surface area contributed by atoms with Crippen molar-refractivity contribution in [2.24, 2.45) is 11.7 Å². The highest BCUT2D eigenvalue weighted by molar-refractivity contribution is 4.92. The monoisotopic (exact) mass is 302 g/mol. The predicted octanol–water partition coefficient (Wildman–Crippen LogP) is 2.91. The van der Waals surface area contributed by atoms with Crippen LogP contribution in [0.5, 0.6) is 0 Å². The first-order valence-corrected chi connectivity index (χ1v) is 8.70. The molecule has 0 aliphatic heterocycles. The van der Waals surface area contributed by atoms with Gasteiger partial charge in [0.25, 0.3) is 0 Å². The second-order valence-corrected chi connectivity index (χ2v) is 5.88. The lowest BCUT2D eigenvalue weighted by Gasteiger charge is -2.44. The summed E-state index contributed by atoms with van der Waals surface area (Å²) in [7, 11) is 0. The van der Waals surface area contributed by atoms with Gasteiger partial charge in [-0.15, -0.1) is 0 Å². The molecule has 2 N–H and O–H groups in total. The molecule has 0 aromatic rings. The Hall–Kier alpha value is -0.160. The summed E-state index contributed by atoms with van der Waals surface area (Å²) in [4.78, 5) is 2.50. The molecule has 0 rings (SSSR count). The van der Waals surface area contributed by atoms with Crippen molar-refractivity contribution in [3.63, 3.8) is 0 Å². The second-order valence-electron chi connectivity index (χ2n) is 5.88. The molecule has 128 valence electrons. The van der Waals surface area contributed by atoms with Crippen LogP contribution in [0.25, 0.3) is 0 Å². The van der Waals surface area contributed by atoms with Crippen LogP contribution in [0.1, 0.15) is 53.9 Å². The van der Waals surface area contributed by atoms with Gasteiger partial charge in [-0.1, -0.05) is 27.2 Å². The van der Waals surface area contributed by atoms with E-state index in [0.717, 1.165) is 52.4 Å². The van der Waals surface area contributed by atoms with Crippen LogP contribution in [-0.2, 0) is 9.47 Å². The van der Waals surface area contributed by atoms with Gasteiger partial charge >= 0.3 is 0 Å². The van der Waals surface area contributed by atoms with Crippen molar-refractivity contribution in [1.82, 2.24) is 4.90 Å². The Morgan fingerprint density at radius 2 is 1.52 bits per heavy atom. The lowest BCUT2D eigenvalue weighted by Crippen LogP contribution is -2.56. The smallest absolute Gasteiger partial charge is 0.0593 e.